The van der Waals surface area contributed by atoms with E-state index in [1.807, 2.05) is 0 Å². The lowest BCUT2D eigenvalue weighted by Gasteiger charge is -2.31. The van der Waals surface area contributed by atoms with Crippen LogP contribution in [0.15, 0.2) is 46.5 Å². The molecule has 0 amide bonds. The van der Waals surface area contributed by atoms with Gasteiger partial charge in [0.2, 0.25) is 0 Å². The summed E-state index contributed by atoms with van der Waals surface area (Å²) in [5, 5.41) is 7.80. The zero-order valence-electron chi connectivity index (χ0n) is 21.1. The summed E-state index contributed by atoms with van der Waals surface area (Å²) >= 11 is 0. The summed E-state index contributed by atoms with van der Waals surface area (Å²) in [6, 6.07) is 2.37. The Bertz CT molecular complexity index is 1670. The molecule has 0 spiro atoms. The first kappa shape index (κ1) is 27.2. The van der Waals surface area contributed by atoms with Gasteiger partial charge >= 0.3 is 6.18 Å². The van der Waals surface area contributed by atoms with Crippen molar-refractivity contribution in [3.63, 3.8) is 0 Å². The summed E-state index contributed by atoms with van der Waals surface area (Å²) in [6.07, 6.45) is 2.40. The maximum absolute atomic E-state index is 15.2. The molecule has 1 fully saturated rings. The standard InChI is InChI=1S/C26H23F5N6O3/c1-40-16-9-32-23(33-10-16)17-8-14-5-6-37(25(39)19(14)22(28)21(17)27)12-13-3-2-4-15(7-13)35-18-11-34-36-24(38)20(18)26(29,30)31/h5-6,8-11,13,15H,2-4,7,12H2,1H3,(H2,35,36,38)/t13-,15+/m1/s1. The molecule has 0 unspecified atom stereocenters. The van der Waals surface area contributed by atoms with Crippen LogP contribution in [0.25, 0.3) is 22.2 Å². The van der Waals surface area contributed by atoms with Crippen molar-refractivity contribution in [3.8, 4) is 17.1 Å². The van der Waals surface area contributed by atoms with Gasteiger partial charge in [0.1, 0.15) is 5.56 Å². The lowest BCUT2D eigenvalue weighted by molar-refractivity contribution is -0.138. The van der Waals surface area contributed by atoms with Gasteiger partial charge in [-0.2, -0.15) is 18.3 Å². The minimum absolute atomic E-state index is 0.0756. The molecule has 0 saturated heterocycles. The molecule has 1 aromatic carbocycles. The van der Waals surface area contributed by atoms with Crippen molar-refractivity contribution in [2.45, 2.75) is 44.4 Å². The van der Waals surface area contributed by atoms with Gasteiger partial charge in [-0.1, -0.05) is 6.42 Å². The van der Waals surface area contributed by atoms with E-state index in [4.69, 9.17) is 4.74 Å². The van der Waals surface area contributed by atoms with Gasteiger partial charge < -0.3 is 14.6 Å². The Kier molecular flexibility index (Phi) is 7.25. The van der Waals surface area contributed by atoms with E-state index in [0.717, 1.165) is 6.20 Å². The molecule has 2 atom stereocenters. The minimum atomic E-state index is -4.87. The fourth-order valence-electron chi connectivity index (χ4n) is 5.12. The first-order valence-corrected chi connectivity index (χ1v) is 12.4. The molecule has 1 aliphatic rings. The number of hydrogen-bond acceptors (Lipinski definition) is 7. The van der Waals surface area contributed by atoms with Gasteiger partial charge in [0.15, 0.2) is 23.2 Å². The fourth-order valence-corrected chi connectivity index (χ4v) is 5.12. The second kappa shape index (κ2) is 10.7. The van der Waals surface area contributed by atoms with E-state index in [0.29, 0.717) is 31.4 Å². The summed E-state index contributed by atoms with van der Waals surface area (Å²) in [5.74, 6) is -2.47. The Morgan fingerprint density at radius 2 is 1.88 bits per heavy atom. The molecule has 3 aromatic heterocycles. The molecular formula is C26H23F5N6O3. The average Bonchev–Trinajstić information content (AvgIpc) is 2.91. The van der Waals surface area contributed by atoms with Crippen LogP contribution in [0.1, 0.15) is 31.2 Å². The molecular weight excluding hydrogens is 539 g/mol. The largest absolute Gasteiger partial charge is 0.494 e. The van der Waals surface area contributed by atoms with Crippen molar-refractivity contribution >= 4 is 16.5 Å². The lowest BCUT2D eigenvalue weighted by atomic mass is 9.85. The highest BCUT2D eigenvalue weighted by atomic mass is 19.4. The number of benzene rings is 1. The summed E-state index contributed by atoms with van der Waals surface area (Å²) in [6.45, 7) is 0.150. The second-order valence-electron chi connectivity index (χ2n) is 9.60. The molecule has 3 heterocycles. The van der Waals surface area contributed by atoms with E-state index < -0.39 is 51.6 Å². The number of hydrogen-bond donors (Lipinski definition) is 2. The van der Waals surface area contributed by atoms with E-state index >= 15 is 8.78 Å². The van der Waals surface area contributed by atoms with Crippen LogP contribution in [0.3, 0.4) is 0 Å². The van der Waals surface area contributed by atoms with Crippen LogP contribution < -0.4 is 21.2 Å². The van der Waals surface area contributed by atoms with Gasteiger partial charge in [-0.3, -0.25) is 9.59 Å². The fraction of sp³-hybridized carbons (Fsp3) is 0.346. The first-order chi connectivity index (χ1) is 19.1. The Morgan fingerprint density at radius 3 is 2.58 bits per heavy atom. The molecule has 1 saturated carbocycles. The Morgan fingerprint density at radius 1 is 1.12 bits per heavy atom. The molecule has 4 aromatic rings. The number of aromatic amines is 1. The number of anilines is 1. The van der Waals surface area contributed by atoms with Crippen LogP contribution in [0.4, 0.5) is 27.6 Å². The third-order valence-electron chi connectivity index (χ3n) is 6.99. The number of H-pyrrole nitrogens is 1. The number of nitrogens with one attached hydrogen (secondary N) is 2. The van der Waals surface area contributed by atoms with Gasteiger partial charge in [0.05, 0.1) is 42.3 Å². The monoisotopic (exact) mass is 562 g/mol. The summed E-state index contributed by atoms with van der Waals surface area (Å²) < 4.78 is 76.7. The minimum Gasteiger partial charge on any atom is -0.494 e. The predicted molar refractivity (Wildman–Crippen MR) is 135 cm³/mol. The third-order valence-corrected chi connectivity index (χ3v) is 6.99. The number of nitrogens with zero attached hydrogens (tertiary/aromatic N) is 4. The zero-order chi connectivity index (χ0) is 28.6. The Hall–Kier alpha value is -4.36. The van der Waals surface area contributed by atoms with Crippen molar-refractivity contribution in [1.82, 2.24) is 24.7 Å². The Balaban J connectivity index is 1.39. The van der Waals surface area contributed by atoms with Gasteiger partial charge in [-0.25, -0.2) is 23.8 Å². The number of fused-ring (bicyclic) bond motifs is 1. The van der Waals surface area contributed by atoms with Crippen molar-refractivity contribution in [2.75, 3.05) is 12.4 Å². The molecule has 0 bridgehead atoms. The number of pyridine rings is 1. The molecule has 9 nitrogen and oxygen atoms in total. The summed E-state index contributed by atoms with van der Waals surface area (Å²) in [4.78, 5) is 32.9. The van der Waals surface area contributed by atoms with E-state index in [2.05, 4.69) is 20.4 Å². The summed E-state index contributed by atoms with van der Waals surface area (Å²) in [7, 11) is 1.41. The molecule has 14 heteroatoms. The van der Waals surface area contributed by atoms with Gasteiger partial charge in [-0.15, -0.1) is 0 Å². The number of halogens is 5. The first-order valence-electron chi connectivity index (χ1n) is 12.4. The molecule has 40 heavy (non-hydrogen) atoms. The summed E-state index contributed by atoms with van der Waals surface area (Å²) in [5.41, 5.74) is -4.06. The van der Waals surface area contributed by atoms with Crippen LogP contribution in [0.5, 0.6) is 5.75 Å². The highest BCUT2D eigenvalue weighted by Crippen LogP contribution is 2.34. The average molecular weight is 562 g/mol. The van der Waals surface area contributed by atoms with Crippen LogP contribution in [0.2, 0.25) is 0 Å². The smallest absolute Gasteiger partial charge is 0.423 e. The number of aromatic nitrogens is 5. The molecule has 5 rings (SSSR count). The molecule has 0 radical (unpaired) electrons. The second-order valence-corrected chi connectivity index (χ2v) is 9.60. The molecule has 0 aliphatic heterocycles. The van der Waals surface area contributed by atoms with E-state index in [-0.39, 0.29) is 29.2 Å². The van der Waals surface area contributed by atoms with Crippen LogP contribution >= 0.6 is 0 Å². The van der Waals surface area contributed by atoms with Crippen molar-refractivity contribution < 1.29 is 26.7 Å². The van der Waals surface area contributed by atoms with Gasteiger partial charge in [0.25, 0.3) is 11.1 Å². The number of rotatable bonds is 6. The normalized spacial score (nSPS) is 17.6. The van der Waals surface area contributed by atoms with Crippen molar-refractivity contribution in [3.05, 3.63) is 74.8 Å². The number of ether oxygens (including phenoxy) is 1. The van der Waals surface area contributed by atoms with E-state index in [1.54, 1.807) is 5.10 Å². The van der Waals surface area contributed by atoms with Crippen molar-refractivity contribution in [1.29, 1.82) is 0 Å². The molecule has 2 N–H and O–H groups in total. The van der Waals surface area contributed by atoms with Crippen LogP contribution in [0, 0.1) is 17.6 Å². The van der Waals surface area contributed by atoms with Crippen LogP contribution in [-0.4, -0.2) is 37.9 Å². The maximum atomic E-state index is 15.2. The highest BCUT2D eigenvalue weighted by Gasteiger charge is 2.38. The van der Waals surface area contributed by atoms with Gasteiger partial charge in [0, 0.05) is 18.8 Å². The number of methoxy groups -OCH3 is 1. The van der Waals surface area contributed by atoms with E-state index in [1.165, 1.54) is 42.4 Å². The zero-order valence-corrected chi connectivity index (χ0v) is 21.1. The Labute approximate surface area is 223 Å². The third kappa shape index (κ3) is 5.25. The highest BCUT2D eigenvalue weighted by molar-refractivity contribution is 5.86. The van der Waals surface area contributed by atoms with E-state index in [9.17, 15) is 22.8 Å². The quantitative estimate of drug-likeness (QED) is 0.332. The van der Waals surface area contributed by atoms with Crippen molar-refractivity contribution in [2.24, 2.45) is 5.92 Å². The predicted octanol–water partition coefficient (Wildman–Crippen LogP) is 4.52. The topological polar surface area (TPSA) is 115 Å². The lowest BCUT2D eigenvalue weighted by Crippen LogP contribution is -2.33. The molecule has 1 aliphatic carbocycles. The maximum Gasteiger partial charge on any atom is 0.423 e. The van der Waals surface area contributed by atoms with Crippen LogP contribution in [-0.2, 0) is 12.7 Å². The SMILES string of the molecule is COc1cnc(-c2cc3ccn(C[C@@H]4CCC[C@H](Nc5cn[nH]c(=O)c5C(F)(F)F)C4)c(=O)c3c(F)c2F)nc1. The van der Waals surface area contributed by atoms with Gasteiger partial charge in [-0.05, 0) is 42.7 Å². The number of alkyl halides is 3. The molecule has 210 valence electrons.